The zero-order valence-electron chi connectivity index (χ0n) is 15.1. The van der Waals surface area contributed by atoms with Crippen molar-refractivity contribution in [1.29, 1.82) is 0 Å². The van der Waals surface area contributed by atoms with Crippen molar-refractivity contribution in [2.45, 2.75) is 31.7 Å². The Morgan fingerprint density at radius 3 is 2.27 bits per heavy atom. The largest absolute Gasteiger partial charge is 0.344 e. The van der Waals surface area contributed by atoms with Crippen molar-refractivity contribution in [3.63, 3.8) is 0 Å². The van der Waals surface area contributed by atoms with Crippen LogP contribution >= 0.6 is 11.6 Å². The Labute approximate surface area is 159 Å². The maximum atomic E-state index is 12.7. The zero-order valence-corrected chi connectivity index (χ0v) is 16.7. The molecule has 0 saturated carbocycles. The van der Waals surface area contributed by atoms with Crippen LogP contribution in [0.25, 0.3) is 0 Å². The van der Waals surface area contributed by atoms with Crippen molar-refractivity contribution in [3.8, 4) is 0 Å². The number of carbonyl (C=O) groups is 2. The summed E-state index contributed by atoms with van der Waals surface area (Å²) in [5, 5.41) is 3.03. The Morgan fingerprint density at radius 2 is 1.77 bits per heavy atom. The van der Waals surface area contributed by atoms with Crippen molar-refractivity contribution in [2.24, 2.45) is 5.92 Å². The van der Waals surface area contributed by atoms with Crippen LogP contribution in [-0.2, 0) is 19.6 Å². The summed E-state index contributed by atoms with van der Waals surface area (Å²) < 4.78 is 26.8. The van der Waals surface area contributed by atoms with Gasteiger partial charge in [0, 0.05) is 38.1 Å². The molecule has 1 aliphatic heterocycles. The molecular formula is C17H24ClN3O4S. The second-order valence-electron chi connectivity index (χ2n) is 6.61. The van der Waals surface area contributed by atoms with Crippen LogP contribution < -0.4 is 5.32 Å². The van der Waals surface area contributed by atoms with Crippen molar-refractivity contribution in [3.05, 3.63) is 29.3 Å². The summed E-state index contributed by atoms with van der Waals surface area (Å²) in [6.45, 7) is 6.05. The number of rotatable bonds is 5. The number of benzene rings is 1. The monoisotopic (exact) mass is 401 g/mol. The number of hydrogen-bond donors (Lipinski definition) is 1. The fourth-order valence-corrected chi connectivity index (χ4v) is 4.58. The molecule has 0 bridgehead atoms. The van der Waals surface area contributed by atoms with Gasteiger partial charge < -0.3 is 10.2 Å². The van der Waals surface area contributed by atoms with E-state index in [9.17, 15) is 18.0 Å². The molecule has 0 aliphatic carbocycles. The van der Waals surface area contributed by atoms with Crippen molar-refractivity contribution in [2.75, 3.05) is 26.2 Å². The second kappa shape index (κ2) is 8.37. The molecule has 1 aromatic carbocycles. The molecule has 9 heteroatoms. The van der Waals surface area contributed by atoms with E-state index in [0.29, 0.717) is 5.02 Å². The van der Waals surface area contributed by atoms with E-state index < -0.39 is 16.1 Å². The molecule has 0 aromatic heterocycles. The third-order valence-corrected chi connectivity index (χ3v) is 6.41. The molecule has 2 rings (SSSR count). The summed E-state index contributed by atoms with van der Waals surface area (Å²) in [6, 6.07) is 5.52. The average Bonchev–Trinajstić information content (AvgIpc) is 2.59. The quantitative estimate of drug-likeness (QED) is 0.806. The number of nitrogens with one attached hydrogen (secondary N) is 1. The maximum Gasteiger partial charge on any atom is 0.245 e. The molecule has 1 saturated heterocycles. The van der Waals surface area contributed by atoms with Gasteiger partial charge in [-0.05, 0) is 24.1 Å². The summed E-state index contributed by atoms with van der Waals surface area (Å²) in [5.41, 5.74) is 0. The number of nitrogens with zero attached hydrogens (tertiary/aromatic N) is 2. The molecule has 1 aromatic rings. The number of carbonyl (C=O) groups excluding carboxylic acids is 2. The van der Waals surface area contributed by atoms with Gasteiger partial charge in [-0.3, -0.25) is 9.59 Å². The molecule has 0 spiro atoms. The van der Waals surface area contributed by atoms with E-state index in [2.05, 4.69) is 5.32 Å². The van der Waals surface area contributed by atoms with Gasteiger partial charge in [0.1, 0.15) is 6.04 Å². The molecule has 1 heterocycles. The predicted molar refractivity (Wildman–Crippen MR) is 99.2 cm³/mol. The fourth-order valence-electron chi connectivity index (χ4n) is 2.85. The molecule has 1 fully saturated rings. The van der Waals surface area contributed by atoms with Crippen molar-refractivity contribution >= 4 is 33.4 Å². The minimum absolute atomic E-state index is 0.0559. The van der Waals surface area contributed by atoms with Crippen molar-refractivity contribution < 1.29 is 18.0 Å². The molecule has 144 valence electrons. The van der Waals surface area contributed by atoms with E-state index >= 15 is 0 Å². The SMILES string of the molecule is CC(=O)N[C@H](C(=O)N1CCN(S(=O)(=O)c2cccc(Cl)c2)CC1)C(C)C. The lowest BCUT2D eigenvalue weighted by molar-refractivity contribution is -0.138. The Kier molecular flexibility index (Phi) is 6.65. The Balaban J connectivity index is 2.06. The van der Waals surface area contributed by atoms with E-state index in [0.717, 1.165) is 0 Å². The number of sulfonamides is 1. The molecule has 2 amide bonds. The average molecular weight is 402 g/mol. The van der Waals surface area contributed by atoms with E-state index in [1.807, 2.05) is 13.8 Å². The smallest absolute Gasteiger partial charge is 0.245 e. The highest BCUT2D eigenvalue weighted by Gasteiger charge is 2.33. The third kappa shape index (κ3) is 4.75. The first-order valence-electron chi connectivity index (χ1n) is 8.44. The molecular weight excluding hydrogens is 378 g/mol. The van der Waals surface area contributed by atoms with E-state index in [-0.39, 0.29) is 48.8 Å². The highest BCUT2D eigenvalue weighted by Crippen LogP contribution is 2.21. The highest BCUT2D eigenvalue weighted by atomic mass is 35.5. The van der Waals surface area contributed by atoms with Gasteiger partial charge in [-0.2, -0.15) is 4.31 Å². The lowest BCUT2D eigenvalue weighted by Gasteiger charge is -2.36. The van der Waals surface area contributed by atoms with Gasteiger partial charge >= 0.3 is 0 Å². The summed E-state index contributed by atoms with van der Waals surface area (Å²) in [5.74, 6) is -0.506. The summed E-state index contributed by atoms with van der Waals surface area (Å²) in [4.78, 5) is 25.7. The first-order chi connectivity index (χ1) is 12.1. The minimum Gasteiger partial charge on any atom is -0.344 e. The van der Waals surface area contributed by atoms with Crippen molar-refractivity contribution in [1.82, 2.24) is 14.5 Å². The highest BCUT2D eigenvalue weighted by molar-refractivity contribution is 7.89. The Bertz CT molecular complexity index is 774. The topological polar surface area (TPSA) is 86.8 Å². The normalized spacial score (nSPS) is 17.2. The summed E-state index contributed by atoms with van der Waals surface area (Å²) >= 11 is 5.89. The number of halogens is 1. The number of piperazine rings is 1. The lowest BCUT2D eigenvalue weighted by atomic mass is 10.0. The predicted octanol–water partition coefficient (Wildman–Crippen LogP) is 1.33. The van der Waals surface area contributed by atoms with Crippen LogP contribution in [0.2, 0.25) is 5.02 Å². The van der Waals surface area contributed by atoms with Gasteiger partial charge in [0.25, 0.3) is 0 Å². The molecule has 7 nitrogen and oxygen atoms in total. The molecule has 0 radical (unpaired) electrons. The van der Waals surface area contributed by atoms with Gasteiger partial charge in [-0.25, -0.2) is 8.42 Å². The van der Waals surface area contributed by atoms with Crippen LogP contribution in [0.3, 0.4) is 0 Å². The van der Waals surface area contributed by atoms with Gasteiger partial charge in [0.2, 0.25) is 21.8 Å². The Morgan fingerprint density at radius 1 is 1.15 bits per heavy atom. The lowest BCUT2D eigenvalue weighted by Crippen LogP contribution is -2.56. The first-order valence-corrected chi connectivity index (χ1v) is 10.3. The molecule has 0 unspecified atom stereocenters. The summed E-state index contributed by atoms with van der Waals surface area (Å²) in [7, 11) is -3.65. The van der Waals surface area contributed by atoms with E-state index in [1.54, 1.807) is 17.0 Å². The first kappa shape index (κ1) is 20.7. The summed E-state index contributed by atoms with van der Waals surface area (Å²) in [6.07, 6.45) is 0. The van der Waals surface area contributed by atoms with Gasteiger partial charge in [-0.1, -0.05) is 31.5 Å². The second-order valence-corrected chi connectivity index (χ2v) is 8.98. The zero-order chi connectivity index (χ0) is 19.5. The van der Waals surface area contributed by atoms with Crippen LogP contribution in [-0.4, -0.2) is 61.7 Å². The van der Waals surface area contributed by atoms with E-state index in [4.69, 9.17) is 11.6 Å². The van der Waals surface area contributed by atoms with Crippen LogP contribution in [0.1, 0.15) is 20.8 Å². The van der Waals surface area contributed by atoms with Gasteiger partial charge in [-0.15, -0.1) is 0 Å². The van der Waals surface area contributed by atoms with Crippen LogP contribution in [0.5, 0.6) is 0 Å². The van der Waals surface area contributed by atoms with E-state index in [1.165, 1.54) is 23.4 Å². The Hall–Kier alpha value is -1.64. The number of hydrogen-bond acceptors (Lipinski definition) is 4. The number of amides is 2. The molecule has 26 heavy (non-hydrogen) atoms. The molecule has 1 atom stereocenters. The standard InChI is InChI=1S/C17H24ClN3O4S/c1-12(2)16(19-13(3)22)17(23)20-7-9-21(10-8-20)26(24,25)15-6-4-5-14(18)11-15/h4-6,11-12,16H,7-10H2,1-3H3,(H,19,22)/t16-/m0/s1. The third-order valence-electron chi connectivity index (χ3n) is 4.28. The molecule has 1 N–H and O–H groups in total. The minimum atomic E-state index is -3.65. The fraction of sp³-hybridized carbons (Fsp3) is 0.529. The van der Waals surface area contributed by atoms with Crippen LogP contribution in [0.4, 0.5) is 0 Å². The molecule has 1 aliphatic rings. The van der Waals surface area contributed by atoms with Crippen LogP contribution in [0.15, 0.2) is 29.2 Å². The van der Waals surface area contributed by atoms with Gasteiger partial charge in [0.15, 0.2) is 0 Å². The maximum absolute atomic E-state index is 12.7. The van der Waals surface area contributed by atoms with Gasteiger partial charge in [0.05, 0.1) is 4.90 Å². The van der Waals surface area contributed by atoms with Crippen LogP contribution in [0, 0.1) is 5.92 Å².